The summed E-state index contributed by atoms with van der Waals surface area (Å²) in [6.07, 6.45) is 1.33. The zero-order chi connectivity index (χ0) is 15.1. The van der Waals surface area contributed by atoms with E-state index in [1.807, 2.05) is 30.6 Å². The summed E-state index contributed by atoms with van der Waals surface area (Å²) in [4.78, 5) is 28.5. The molecule has 2 aliphatic rings. The number of hydrogen-bond donors (Lipinski definition) is 1. The number of carbonyl (C=O) groups is 2. The molecule has 0 bridgehead atoms. The van der Waals surface area contributed by atoms with Crippen LogP contribution < -0.4 is 5.73 Å². The molecule has 0 aromatic heterocycles. The van der Waals surface area contributed by atoms with E-state index in [1.165, 1.54) is 0 Å². The minimum absolute atomic E-state index is 0.0954. The quantitative estimate of drug-likeness (QED) is 0.815. The molecule has 2 heterocycles. The second kappa shape index (κ2) is 5.35. The van der Waals surface area contributed by atoms with Crippen molar-refractivity contribution in [1.82, 2.24) is 9.80 Å². The van der Waals surface area contributed by atoms with E-state index in [2.05, 4.69) is 6.92 Å². The van der Waals surface area contributed by atoms with Gasteiger partial charge in [0.15, 0.2) is 0 Å². The molecule has 3 atom stereocenters. The zero-order valence-corrected chi connectivity index (χ0v) is 13.1. The van der Waals surface area contributed by atoms with Crippen molar-refractivity contribution in [3.8, 4) is 0 Å². The van der Waals surface area contributed by atoms with Gasteiger partial charge in [0, 0.05) is 31.1 Å². The summed E-state index contributed by atoms with van der Waals surface area (Å²) < 4.78 is 0. The van der Waals surface area contributed by atoms with Crippen LogP contribution in [0.5, 0.6) is 0 Å². The molecule has 0 aromatic rings. The van der Waals surface area contributed by atoms with Crippen LogP contribution in [0.4, 0.5) is 0 Å². The van der Waals surface area contributed by atoms with Crippen LogP contribution in [0.2, 0.25) is 0 Å². The van der Waals surface area contributed by atoms with Gasteiger partial charge in [-0.25, -0.2) is 0 Å². The summed E-state index contributed by atoms with van der Waals surface area (Å²) in [6, 6.07) is 0.245. The minimum atomic E-state index is -0.206. The number of nitrogens with two attached hydrogens (primary N) is 1. The van der Waals surface area contributed by atoms with Gasteiger partial charge in [0.05, 0.1) is 5.92 Å². The van der Waals surface area contributed by atoms with Gasteiger partial charge in [-0.3, -0.25) is 9.59 Å². The molecule has 0 spiro atoms. The molecule has 0 aliphatic carbocycles. The SMILES string of the molecule is CC1CC(CN)CN1C(=O)C1CC(=O)N(C(C)(C)C)C1. The average molecular weight is 281 g/mol. The van der Waals surface area contributed by atoms with Crippen molar-refractivity contribution in [2.24, 2.45) is 17.6 Å². The molecule has 5 nitrogen and oxygen atoms in total. The van der Waals surface area contributed by atoms with Crippen LogP contribution in [0, 0.1) is 11.8 Å². The fourth-order valence-electron chi connectivity index (χ4n) is 3.38. The van der Waals surface area contributed by atoms with Gasteiger partial charge in [0.1, 0.15) is 0 Å². The molecule has 0 aromatic carbocycles. The van der Waals surface area contributed by atoms with Gasteiger partial charge in [-0.15, -0.1) is 0 Å². The van der Waals surface area contributed by atoms with Crippen molar-refractivity contribution in [2.75, 3.05) is 19.6 Å². The maximum absolute atomic E-state index is 12.6. The topological polar surface area (TPSA) is 66.6 Å². The lowest BCUT2D eigenvalue weighted by Gasteiger charge is -2.32. The zero-order valence-electron chi connectivity index (χ0n) is 13.1. The van der Waals surface area contributed by atoms with E-state index in [9.17, 15) is 9.59 Å². The molecular weight excluding hydrogens is 254 g/mol. The van der Waals surface area contributed by atoms with E-state index in [4.69, 9.17) is 5.73 Å². The van der Waals surface area contributed by atoms with Crippen molar-refractivity contribution >= 4 is 11.8 Å². The summed E-state index contributed by atoms with van der Waals surface area (Å²) in [5.41, 5.74) is 5.51. The van der Waals surface area contributed by atoms with Crippen molar-refractivity contribution < 1.29 is 9.59 Å². The summed E-state index contributed by atoms with van der Waals surface area (Å²) in [5, 5.41) is 0. The van der Waals surface area contributed by atoms with E-state index in [0.29, 0.717) is 25.4 Å². The first-order valence-corrected chi connectivity index (χ1v) is 7.55. The van der Waals surface area contributed by atoms with Crippen molar-refractivity contribution in [2.45, 2.75) is 52.1 Å². The van der Waals surface area contributed by atoms with Gasteiger partial charge >= 0.3 is 0 Å². The number of rotatable bonds is 2. The molecule has 2 N–H and O–H groups in total. The molecule has 114 valence electrons. The van der Waals surface area contributed by atoms with Gasteiger partial charge in [0.2, 0.25) is 11.8 Å². The molecule has 3 unspecified atom stereocenters. The Labute approximate surface area is 121 Å². The second-order valence-electron chi connectivity index (χ2n) is 7.25. The smallest absolute Gasteiger partial charge is 0.228 e. The van der Waals surface area contributed by atoms with Crippen LogP contribution in [0.1, 0.15) is 40.5 Å². The van der Waals surface area contributed by atoms with E-state index in [0.717, 1.165) is 13.0 Å². The Morgan fingerprint density at radius 3 is 2.45 bits per heavy atom. The summed E-state index contributed by atoms with van der Waals surface area (Å²) in [5.74, 6) is 0.456. The van der Waals surface area contributed by atoms with E-state index < -0.39 is 0 Å². The molecule has 2 rings (SSSR count). The third-order valence-electron chi connectivity index (χ3n) is 4.56. The highest BCUT2D eigenvalue weighted by Crippen LogP contribution is 2.30. The predicted molar refractivity (Wildman–Crippen MR) is 77.9 cm³/mol. The number of nitrogens with zero attached hydrogens (tertiary/aromatic N) is 2. The van der Waals surface area contributed by atoms with Crippen molar-refractivity contribution in [3.05, 3.63) is 0 Å². The largest absolute Gasteiger partial charge is 0.339 e. The van der Waals surface area contributed by atoms with E-state index in [1.54, 1.807) is 0 Å². The third kappa shape index (κ3) is 2.82. The molecule has 2 amide bonds. The molecule has 20 heavy (non-hydrogen) atoms. The van der Waals surface area contributed by atoms with Crippen LogP contribution in [0.15, 0.2) is 0 Å². The average Bonchev–Trinajstić information content (AvgIpc) is 2.91. The molecule has 5 heteroatoms. The Kier molecular flexibility index (Phi) is 4.09. The Hall–Kier alpha value is -1.10. The van der Waals surface area contributed by atoms with Gasteiger partial charge in [-0.1, -0.05) is 0 Å². The Morgan fingerprint density at radius 2 is 2.00 bits per heavy atom. The second-order valence-corrected chi connectivity index (χ2v) is 7.25. The van der Waals surface area contributed by atoms with Gasteiger partial charge in [0.25, 0.3) is 0 Å². The van der Waals surface area contributed by atoms with Crippen molar-refractivity contribution in [3.63, 3.8) is 0 Å². The Morgan fingerprint density at radius 1 is 1.35 bits per heavy atom. The first-order chi connectivity index (χ1) is 9.24. The fourth-order valence-corrected chi connectivity index (χ4v) is 3.38. The lowest BCUT2D eigenvalue weighted by molar-refractivity contribution is -0.136. The van der Waals surface area contributed by atoms with Crippen LogP contribution in [0.25, 0.3) is 0 Å². The number of amides is 2. The molecule has 2 saturated heterocycles. The van der Waals surface area contributed by atoms with Gasteiger partial charge in [-0.05, 0) is 46.6 Å². The lowest BCUT2D eigenvalue weighted by atomic mass is 10.1. The number of likely N-dealkylation sites (tertiary alicyclic amines) is 2. The molecular formula is C15H27N3O2. The first kappa shape index (κ1) is 15.3. The van der Waals surface area contributed by atoms with Crippen LogP contribution in [-0.2, 0) is 9.59 Å². The minimum Gasteiger partial charge on any atom is -0.339 e. The summed E-state index contributed by atoms with van der Waals surface area (Å²) >= 11 is 0. The Balaban J connectivity index is 2.03. The highest BCUT2D eigenvalue weighted by Gasteiger charge is 2.43. The van der Waals surface area contributed by atoms with E-state index in [-0.39, 0.29) is 29.3 Å². The fraction of sp³-hybridized carbons (Fsp3) is 0.867. The summed E-state index contributed by atoms with van der Waals surface area (Å²) in [7, 11) is 0. The van der Waals surface area contributed by atoms with Crippen molar-refractivity contribution in [1.29, 1.82) is 0 Å². The third-order valence-corrected chi connectivity index (χ3v) is 4.56. The molecule has 2 fully saturated rings. The number of hydrogen-bond acceptors (Lipinski definition) is 3. The highest BCUT2D eigenvalue weighted by molar-refractivity contribution is 5.89. The monoisotopic (exact) mass is 281 g/mol. The van der Waals surface area contributed by atoms with Gasteiger partial charge in [-0.2, -0.15) is 0 Å². The predicted octanol–water partition coefficient (Wildman–Crippen LogP) is 0.829. The van der Waals surface area contributed by atoms with E-state index >= 15 is 0 Å². The maximum Gasteiger partial charge on any atom is 0.228 e. The highest BCUT2D eigenvalue weighted by atomic mass is 16.2. The summed E-state index contributed by atoms with van der Waals surface area (Å²) in [6.45, 7) is 10.0. The normalized spacial score (nSPS) is 31.2. The van der Waals surface area contributed by atoms with Gasteiger partial charge < -0.3 is 15.5 Å². The first-order valence-electron chi connectivity index (χ1n) is 7.55. The van der Waals surface area contributed by atoms with Crippen LogP contribution >= 0.6 is 0 Å². The van der Waals surface area contributed by atoms with Crippen LogP contribution in [-0.4, -0.2) is 52.8 Å². The maximum atomic E-state index is 12.6. The number of carbonyl (C=O) groups excluding carboxylic acids is 2. The standard InChI is InChI=1S/C15H27N3O2/c1-10-5-11(7-16)8-17(10)14(20)12-6-13(19)18(9-12)15(2,3)4/h10-12H,5-9,16H2,1-4H3. The molecule has 2 aliphatic heterocycles. The molecule has 0 saturated carbocycles. The van der Waals surface area contributed by atoms with Crippen LogP contribution in [0.3, 0.4) is 0 Å². The Bertz CT molecular complexity index is 402. The lowest BCUT2D eigenvalue weighted by Crippen LogP contribution is -2.44. The molecule has 0 radical (unpaired) electrons.